The number of nitriles is 1. The van der Waals surface area contributed by atoms with Crippen LogP contribution in [-0.4, -0.2) is 31.2 Å². The van der Waals surface area contributed by atoms with E-state index in [1.54, 1.807) is 4.90 Å². The van der Waals surface area contributed by atoms with Gasteiger partial charge in [-0.2, -0.15) is 18.4 Å². The van der Waals surface area contributed by atoms with Gasteiger partial charge in [-0.25, -0.2) is 4.98 Å². The smallest absolute Gasteiger partial charge is 0.417 e. The molecule has 25 heavy (non-hydrogen) atoms. The standard InChI is InChI=1S/C16H15ClF3N3O2/c1-25-14(24)3-10-8-2-9(10)7-23(6-8)13-4-12(16(18,19)20)11(5-21)15(17)22-13/h4,8-10H,2-3,6-7H2,1H3. The zero-order valence-corrected chi connectivity index (χ0v) is 14.1. The van der Waals surface area contributed by atoms with Crippen LogP contribution < -0.4 is 4.90 Å². The molecular formula is C16H15ClF3N3O2. The van der Waals surface area contributed by atoms with E-state index in [1.165, 1.54) is 13.2 Å². The number of fused-ring (bicyclic) bond motifs is 2. The number of hydrogen-bond donors (Lipinski definition) is 0. The number of methoxy groups -OCH3 is 1. The third kappa shape index (κ3) is 3.25. The minimum absolute atomic E-state index is 0.113. The summed E-state index contributed by atoms with van der Waals surface area (Å²) in [6.07, 6.45) is -3.41. The quantitative estimate of drug-likeness (QED) is 0.601. The second kappa shape index (κ2) is 6.37. The van der Waals surface area contributed by atoms with E-state index in [1.807, 2.05) is 0 Å². The number of pyridine rings is 1. The molecule has 2 atom stereocenters. The Morgan fingerprint density at radius 2 is 2.12 bits per heavy atom. The van der Waals surface area contributed by atoms with Crippen molar-refractivity contribution in [2.24, 2.45) is 17.8 Å². The molecule has 3 heterocycles. The lowest BCUT2D eigenvalue weighted by atomic mass is 9.60. The molecule has 134 valence electrons. The van der Waals surface area contributed by atoms with Crippen molar-refractivity contribution < 1.29 is 22.7 Å². The summed E-state index contributed by atoms with van der Waals surface area (Å²) >= 11 is 5.80. The summed E-state index contributed by atoms with van der Waals surface area (Å²) in [6.45, 7) is 1.01. The summed E-state index contributed by atoms with van der Waals surface area (Å²) in [5, 5.41) is 8.48. The first-order chi connectivity index (χ1) is 11.7. The number of carbonyl (C=O) groups is 1. The number of esters is 1. The maximum Gasteiger partial charge on any atom is 0.417 e. The van der Waals surface area contributed by atoms with Gasteiger partial charge in [0.1, 0.15) is 22.6 Å². The van der Waals surface area contributed by atoms with Crippen LogP contribution in [-0.2, 0) is 15.7 Å². The van der Waals surface area contributed by atoms with Gasteiger partial charge in [0.25, 0.3) is 0 Å². The van der Waals surface area contributed by atoms with Crippen molar-refractivity contribution in [3.8, 4) is 6.07 Å². The first kappa shape index (κ1) is 17.8. The highest BCUT2D eigenvalue weighted by atomic mass is 35.5. The summed E-state index contributed by atoms with van der Waals surface area (Å²) in [4.78, 5) is 17.2. The predicted molar refractivity (Wildman–Crippen MR) is 82.9 cm³/mol. The monoisotopic (exact) mass is 373 g/mol. The van der Waals surface area contributed by atoms with Gasteiger partial charge in [0.2, 0.25) is 0 Å². The number of alkyl halides is 3. The molecule has 4 rings (SSSR count). The molecule has 1 aromatic heterocycles. The second-order valence-electron chi connectivity index (χ2n) is 6.41. The van der Waals surface area contributed by atoms with Crippen molar-refractivity contribution in [1.82, 2.24) is 4.98 Å². The lowest BCUT2D eigenvalue weighted by Crippen LogP contribution is -2.56. The normalized spacial score (nSPS) is 25.1. The van der Waals surface area contributed by atoms with Gasteiger partial charge in [0, 0.05) is 19.5 Å². The first-order valence-corrected chi connectivity index (χ1v) is 8.12. The summed E-state index contributed by atoms with van der Waals surface area (Å²) in [7, 11) is 1.34. The Morgan fingerprint density at radius 1 is 1.48 bits per heavy atom. The maximum absolute atomic E-state index is 13.2. The topological polar surface area (TPSA) is 66.2 Å². The number of anilines is 1. The Morgan fingerprint density at radius 3 is 2.64 bits per heavy atom. The van der Waals surface area contributed by atoms with E-state index >= 15 is 0 Å². The van der Waals surface area contributed by atoms with Crippen LogP contribution in [0.25, 0.3) is 0 Å². The Kier molecular flexibility index (Phi) is 4.54. The molecule has 1 saturated carbocycles. The van der Waals surface area contributed by atoms with Gasteiger partial charge in [0.15, 0.2) is 0 Å². The summed E-state index contributed by atoms with van der Waals surface area (Å²) in [5.74, 6) is 0.459. The van der Waals surface area contributed by atoms with Crippen LogP contribution in [0.3, 0.4) is 0 Å². The van der Waals surface area contributed by atoms with E-state index in [0.29, 0.717) is 19.5 Å². The molecule has 0 amide bonds. The third-order valence-corrected chi connectivity index (χ3v) is 5.33. The predicted octanol–water partition coefficient (Wildman–Crippen LogP) is 3.26. The lowest BCUT2D eigenvalue weighted by molar-refractivity contribution is -0.145. The van der Waals surface area contributed by atoms with Gasteiger partial charge in [-0.1, -0.05) is 11.6 Å². The first-order valence-electron chi connectivity index (χ1n) is 7.74. The second-order valence-corrected chi connectivity index (χ2v) is 6.77. The number of carbonyl (C=O) groups excluding carboxylic acids is 1. The fourth-order valence-electron chi connectivity index (χ4n) is 3.78. The number of rotatable bonds is 3. The molecule has 3 fully saturated rings. The van der Waals surface area contributed by atoms with Crippen molar-refractivity contribution >= 4 is 23.4 Å². The molecule has 1 aromatic rings. The minimum Gasteiger partial charge on any atom is -0.469 e. The third-order valence-electron chi connectivity index (χ3n) is 5.06. The van der Waals surface area contributed by atoms with Gasteiger partial charge in [-0.15, -0.1) is 0 Å². The molecule has 9 heteroatoms. The summed E-state index contributed by atoms with van der Waals surface area (Å²) < 4.78 is 44.2. The summed E-state index contributed by atoms with van der Waals surface area (Å²) in [5.41, 5.74) is -1.74. The molecule has 3 aliphatic rings. The van der Waals surface area contributed by atoms with Gasteiger partial charge in [0.05, 0.1) is 12.7 Å². The summed E-state index contributed by atoms with van der Waals surface area (Å²) in [6, 6.07) is 2.35. The average molecular weight is 374 g/mol. The van der Waals surface area contributed by atoms with E-state index in [0.717, 1.165) is 12.5 Å². The van der Waals surface area contributed by atoms with Crippen molar-refractivity contribution in [3.63, 3.8) is 0 Å². The van der Waals surface area contributed by atoms with Gasteiger partial charge < -0.3 is 9.64 Å². The van der Waals surface area contributed by atoms with E-state index in [4.69, 9.17) is 16.9 Å². The maximum atomic E-state index is 13.2. The molecule has 1 aliphatic carbocycles. The molecule has 2 saturated heterocycles. The fourth-order valence-corrected chi connectivity index (χ4v) is 4.01. The molecule has 0 radical (unpaired) electrons. The Hall–Kier alpha value is -2.01. The number of piperidine rings is 2. The van der Waals surface area contributed by atoms with E-state index in [2.05, 4.69) is 9.72 Å². The number of nitrogens with zero attached hydrogens (tertiary/aromatic N) is 3. The van der Waals surface area contributed by atoms with Crippen LogP contribution in [0.2, 0.25) is 5.15 Å². The molecule has 0 aromatic carbocycles. The van der Waals surface area contributed by atoms with Crippen molar-refractivity contribution in [2.75, 3.05) is 25.1 Å². The van der Waals surface area contributed by atoms with Gasteiger partial charge >= 0.3 is 12.1 Å². The fraction of sp³-hybridized carbons (Fsp3) is 0.562. The van der Waals surface area contributed by atoms with Crippen LogP contribution in [0.4, 0.5) is 19.0 Å². The van der Waals surface area contributed by atoms with Crippen LogP contribution in [0.1, 0.15) is 24.0 Å². The largest absolute Gasteiger partial charge is 0.469 e. The number of ether oxygens (including phenoxy) is 1. The molecule has 2 aliphatic heterocycles. The highest BCUT2D eigenvalue weighted by Gasteiger charge is 2.48. The van der Waals surface area contributed by atoms with E-state index in [-0.39, 0.29) is 29.5 Å². The van der Waals surface area contributed by atoms with E-state index in [9.17, 15) is 18.0 Å². The van der Waals surface area contributed by atoms with Gasteiger partial charge in [-0.05, 0) is 30.2 Å². The molecule has 2 unspecified atom stereocenters. The molecular weight excluding hydrogens is 359 g/mol. The Labute approximate surface area is 147 Å². The number of halogens is 4. The molecule has 5 nitrogen and oxygen atoms in total. The van der Waals surface area contributed by atoms with Crippen molar-refractivity contribution in [2.45, 2.75) is 19.0 Å². The molecule has 0 N–H and O–H groups in total. The van der Waals surface area contributed by atoms with Gasteiger partial charge in [-0.3, -0.25) is 4.79 Å². The van der Waals surface area contributed by atoms with Crippen LogP contribution in [0, 0.1) is 29.1 Å². The minimum atomic E-state index is -4.68. The highest BCUT2D eigenvalue weighted by molar-refractivity contribution is 6.30. The number of hydrogen-bond acceptors (Lipinski definition) is 5. The highest BCUT2D eigenvalue weighted by Crippen LogP contribution is 2.48. The zero-order chi connectivity index (χ0) is 18.4. The van der Waals surface area contributed by atoms with E-state index < -0.39 is 22.5 Å². The van der Waals surface area contributed by atoms with Crippen LogP contribution in [0.15, 0.2) is 6.07 Å². The van der Waals surface area contributed by atoms with Crippen molar-refractivity contribution in [3.05, 3.63) is 22.3 Å². The van der Waals surface area contributed by atoms with Crippen LogP contribution in [0.5, 0.6) is 0 Å². The number of aromatic nitrogens is 1. The molecule has 2 bridgehead atoms. The Balaban J connectivity index is 1.82. The SMILES string of the molecule is COC(=O)CC1C2CC1CN(c1cc(C(F)(F)F)c(C#N)c(Cl)n1)C2. The molecule has 0 spiro atoms. The van der Waals surface area contributed by atoms with Crippen molar-refractivity contribution in [1.29, 1.82) is 5.26 Å². The Bertz CT molecular complexity index is 735. The lowest BCUT2D eigenvalue weighted by Gasteiger charge is -2.53. The van der Waals surface area contributed by atoms with Crippen LogP contribution >= 0.6 is 11.6 Å². The zero-order valence-electron chi connectivity index (χ0n) is 13.3. The average Bonchev–Trinajstić information content (AvgIpc) is 2.57.